The summed E-state index contributed by atoms with van der Waals surface area (Å²) in [5.74, 6) is 0.673. The van der Waals surface area contributed by atoms with Crippen LogP contribution < -0.4 is 4.74 Å². The highest BCUT2D eigenvalue weighted by atomic mass is 16.6. The maximum atomic E-state index is 11.4. The van der Waals surface area contributed by atoms with Crippen molar-refractivity contribution in [2.75, 3.05) is 7.11 Å². The van der Waals surface area contributed by atoms with Crippen LogP contribution in [0.25, 0.3) is 0 Å². The molecule has 25 heavy (non-hydrogen) atoms. The summed E-state index contributed by atoms with van der Waals surface area (Å²) in [7, 11) is 1.32. The molecule has 0 aromatic heterocycles. The van der Waals surface area contributed by atoms with Crippen molar-refractivity contribution >= 4 is 5.97 Å². The topological polar surface area (TPSA) is 96.2 Å². The summed E-state index contributed by atoms with van der Waals surface area (Å²) in [5, 5.41) is 27.0. The lowest BCUT2D eigenvalue weighted by atomic mass is 10.1. The summed E-state index contributed by atoms with van der Waals surface area (Å²) in [6.45, 7) is 6.79. The molecule has 0 unspecified atom stereocenters. The number of carbonyl (C=O) groups excluding carboxylic acids is 1. The predicted molar refractivity (Wildman–Crippen MR) is 94.1 cm³/mol. The molecule has 6 heteroatoms. The van der Waals surface area contributed by atoms with Crippen LogP contribution in [-0.4, -0.2) is 34.0 Å². The number of methoxy groups -OCH3 is 1. The molecule has 0 saturated carbocycles. The van der Waals surface area contributed by atoms with Crippen molar-refractivity contribution in [1.29, 1.82) is 0 Å². The lowest BCUT2D eigenvalue weighted by Crippen LogP contribution is -2.39. The van der Waals surface area contributed by atoms with Crippen molar-refractivity contribution in [1.82, 2.24) is 0 Å². The molecular formula is C19H24O6. The van der Waals surface area contributed by atoms with Gasteiger partial charge in [0, 0.05) is 0 Å². The van der Waals surface area contributed by atoms with Crippen molar-refractivity contribution in [3.05, 3.63) is 47.5 Å². The molecule has 0 radical (unpaired) electrons. The van der Waals surface area contributed by atoms with Crippen molar-refractivity contribution in [2.24, 2.45) is 0 Å². The second-order valence-electron chi connectivity index (χ2n) is 6.02. The Labute approximate surface area is 147 Å². The van der Waals surface area contributed by atoms with Gasteiger partial charge in [-0.3, -0.25) is 0 Å². The van der Waals surface area contributed by atoms with E-state index in [4.69, 9.17) is 14.9 Å². The van der Waals surface area contributed by atoms with Gasteiger partial charge in [0.2, 0.25) is 0 Å². The molecule has 2 rings (SSSR count). The SMILES string of the molecule is COC(=O)C(C)(C)Oc1ccc(O)cc1C.Cc1cc(O)ccc1O. The summed E-state index contributed by atoms with van der Waals surface area (Å²) in [5.41, 5.74) is 0.406. The normalized spacial score (nSPS) is 10.4. The van der Waals surface area contributed by atoms with E-state index in [9.17, 15) is 9.90 Å². The Morgan fingerprint density at radius 2 is 1.44 bits per heavy atom. The van der Waals surface area contributed by atoms with Gasteiger partial charge in [-0.05, 0) is 75.2 Å². The first-order valence-corrected chi connectivity index (χ1v) is 7.62. The summed E-state index contributed by atoms with van der Waals surface area (Å²) < 4.78 is 10.2. The van der Waals surface area contributed by atoms with E-state index >= 15 is 0 Å². The van der Waals surface area contributed by atoms with Gasteiger partial charge in [-0.15, -0.1) is 0 Å². The third kappa shape index (κ3) is 5.91. The van der Waals surface area contributed by atoms with E-state index in [1.54, 1.807) is 39.8 Å². The molecule has 0 atom stereocenters. The molecule has 0 aliphatic heterocycles. The third-order valence-electron chi connectivity index (χ3n) is 3.38. The third-order valence-corrected chi connectivity index (χ3v) is 3.38. The first-order valence-electron chi connectivity index (χ1n) is 7.62. The van der Waals surface area contributed by atoms with Crippen molar-refractivity contribution in [3.8, 4) is 23.0 Å². The van der Waals surface area contributed by atoms with E-state index in [-0.39, 0.29) is 17.2 Å². The van der Waals surface area contributed by atoms with Crippen LogP contribution in [0, 0.1) is 13.8 Å². The summed E-state index contributed by atoms with van der Waals surface area (Å²) in [6, 6.07) is 9.12. The van der Waals surface area contributed by atoms with Gasteiger partial charge in [0.25, 0.3) is 0 Å². The average molecular weight is 348 g/mol. The van der Waals surface area contributed by atoms with Gasteiger partial charge in [-0.25, -0.2) is 4.79 Å². The molecule has 0 saturated heterocycles. The van der Waals surface area contributed by atoms with Crippen LogP contribution in [0.3, 0.4) is 0 Å². The second-order valence-corrected chi connectivity index (χ2v) is 6.02. The number of benzene rings is 2. The minimum Gasteiger partial charge on any atom is -0.508 e. The Balaban J connectivity index is 0.000000293. The number of aryl methyl sites for hydroxylation is 2. The van der Waals surface area contributed by atoms with Crippen molar-refractivity contribution in [3.63, 3.8) is 0 Å². The predicted octanol–water partition coefficient (Wildman–Crippen LogP) is 3.44. The van der Waals surface area contributed by atoms with E-state index in [0.717, 1.165) is 5.56 Å². The molecule has 0 amide bonds. The van der Waals surface area contributed by atoms with Crippen molar-refractivity contribution in [2.45, 2.75) is 33.3 Å². The Kier molecular flexibility index (Phi) is 6.68. The van der Waals surface area contributed by atoms with Gasteiger partial charge in [0.1, 0.15) is 23.0 Å². The largest absolute Gasteiger partial charge is 0.508 e. The molecule has 6 nitrogen and oxygen atoms in total. The summed E-state index contributed by atoms with van der Waals surface area (Å²) in [6.07, 6.45) is 0. The fraction of sp³-hybridized carbons (Fsp3) is 0.316. The number of hydrogen-bond acceptors (Lipinski definition) is 6. The van der Waals surface area contributed by atoms with E-state index < -0.39 is 11.6 Å². The van der Waals surface area contributed by atoms with Crippen LogP contribution in [-0.2, 0) is 9.53 Å². The van der Waals surface area contributed by atoms with Crippen LogP contribution in [0.1, 0.15) is 25.0 Å². The van der Waals surface area contributed by atoms with E-state index in [1.807, 2.05) is 0 Å². The van der Waals surface area contributed by atoms with Gasteiger partial charge in [-0.1, -0.05) is 0 Å². The molecule has 0 bridgehead atoms. The van der Waals surface area contributed by atoms with Crippen LogP contribution in [0.5, 0.6) is 23.0 Å². The number of ether oxygens (including phenoxy) is 2. The first kappa shape index (κ1) is 20.2. The minimum atomic E-state index is -1.05. The van der Waals surface area contributed by atoms with Crippen molar-refractivity contribution < 1.29 is 29.6 Å². The fourth-order valence-electron chi connectivity index (χ4n) is 1.95. The molecule has 0 heterocycles. The number of rotatable bonds is 3. The number of hydrogen-bond donors (Lipinski definition) is 3. The number of phenolic OH excluding ortho intramolecular Hbond substituents is 3. The monoisotopic (exact) mass is 348 g/mol. The number of phenols is 3. The first-order chi connectivity index (χ1) is 11.6. The number of aromatic hydroxyl groups is 3. The zero-order valence-corrected chi connectivity index (χ0v) is 15.0. The Morgan fingerprint density at radius 3 is 1.88 bits per heavy atom. The molecule has 2 aromatic carbocycles. The molecule has 136 valence electrons. The average Bonchev–Trinajstić information content (AvgIpc) is 2.53. The Morgan fingerprint density at radius 1 is 0.920 bits per heavy atom. The standard InChI is InChI=1S/C12H16O4.C7H8O2/c1-8-7-9(13)5-6-10(8)16-12(2,3)11(14)15-4;1-5-4-6(8)2-3-7(5)9/h5-7,13H,1-4H3;2-4,8-9H,1H3. The molecule has 0 aliphatic rings. The second kappa shape index (κ2) is 8.28. The van der Waals surface area contributed by atoms with E-state index in [2.05, 4.69) is 4.74 Å². The van der Waals surface area contributed by atoms with Crippen LogP contribution in [0.2, 0.25) is 0 Å². The quantitative estimate of drug-likeness (QED) is 0.581. The van der Waals surface area contributed by atoms with Crippen LogP contribution >= 0.6 is 0 Å². The molecule has 3 N–H and O–H groups in total. The maximum Gasteiger partial charge on any atom is 0.349 e. The highest BCUT2D eigenvalue weighted by Gasteiger charge is 2.31. The highest BCUT2D eigenvalue weighted by molar-refractivity contribution is 5.78. The Bertz CT molecular complexity index is 737. The van der Waals surface area contributed by atoms with E-state index in [1.165, 1.54) is 31.4 Å². The lowest BCUT2D eigenvalue weighted by Gasteiger charge is -2.24. The molecule has 0 fully saturated rings. The Hall–Kier alpha value is -2.89. The smallest absolute Gasteiger partial charge is 0.349 e. The van der Waals surface area contributed by atoms with Crippen LogP contribution in [0.15, 0.2) is 36.4 Å². The van der Waals surface area contributed by atoms with Crippen LogP contribution in [0.4, 0.5) is 0 Å². The molecule has 2 aromatic rings. The van der Waals surface area contributed by atoms with Gasteiger partial charge < -0.3 is 24.8 Å². The van der Waals surface area contributed by atoms with Gasteiger partial charge >= 0.3 is 5.97 Å². The summed E-state index contributed by atoms with van der Waals surface area (Å²) >= 11 is 0. The van der Waals surface area contributed by atoms with E-state index in [0.29, 0.717) is 11.3 Å². The fourth-order valence-corrected chi connectivity index (χ4v) is 1.95. The minimum absolute atomic E-state index is 0.167. The number of esters is 1. The summed E-state index contributed by atoms with van der Waals surface area (Å²) in [4.78, 5) is 11.4. The highest BCUT2D eigenvalue weighted by Crippen LogP contribution is 2.26. The molecule has 0 aliphatic carbocycles. The molecule has 0 spiro atoms. The van der Waals surface area contributed by atoms with Gasteiger partial charge in [0.05, 0.1) is 7.11 Å². The van der Waals surface area contributed by atoms with Gasteiger partial charge in [-0.2, -0.15) is 0 Å². The zero-order valence-electron chi connectivity index (χ0n) is 15.0. The molecular weight excluding hydrogens is 324 g/mol. The zero-order chi connectivity index (χ0) is 19.2. The van der Waals surface area contributed by atoms with Gasteiger partial charge in [0.15, 0.2) is 5.60 Å². The number of carbonyl (C=O) groups is 1. The lowest BCUT2D eigenvalue weighted by molar-refractivity contribution is -0.156. The maximum absolute atomic E-state index is 11.4.